The van der Waals surface area contributed by atoms with Crippen molar-refractivity contribution in [3.8, 4) is 0 Å². The number of carbonyl (C=O) groups excluding carboxylic acids is 1. The molecule has 7 heteroatoms. The first-order valence-corrected chi connectivity index (χ1v) is 13.4. The predicted octanol–water partition coefficient (Wildman–Crippen LogP) is 3.78. The SMILES string of the molecule is Cc1ccc(S(=O)(=O)N[C@H](c2ccccc2)[C@H](C(=O)N(C)C)[S+](C)c2ccccc2)cc1. The van der Waals surface area contributed by atoms with E-state index in [-0.39, 0.29) is 10.8 Å². The molecule has 1 amide bonds. The maximum atomic E-state index is 13.4. The molecule has 0 saturated carbocycles. The number of amides is 1. The van der Waals surface area contributed by atoms with Gasteiger partial charge in [0.1, 0.15) is 12.3 Å². The fourth-order valence-corrected chi connectivity index (χ4v) is 6.80. The number of sulfonamides is 1. The monoisotopic (exact) mass is 469 g/mol. The lowest BCUT2D eigenvalue weighted by molar-refractivity contribution is -0.128. The van der Waals surface area contributed by atoms with Gasteiger partial charge in [0.05, 0.1) is 4.90 Å². The van der Waals surface area contributed by atoms with Crippen LogP contribution in [0, 0.1) is 6.92 Å². The lowest BCUT2D eigenvalue weighted by Gasteiger charge is -2.28. The number of nitrogens with zero attached hydrogens (tertiary/aromatic N) is 1. The molecule has 5 nitrogen and oxygen atoms in total. The molecule has 0 aliphatic carbocycles. The molecule has 0 aliphatic rings. The van der Waals surface area contributed by atoms with Gasteiger partial charge in [-0.1, -0.05) is 66.2 Å². The van der Waals surface area contributed by atoms with Crippen LogP contribution in [0.15, 0.2) is 94.7 Å². The summed E-state index contributed by atoms with van der Waals surface area (Å²) in [6.07, 6.45) is 2.00. The highest BCUT2D eigenvalue weighted by atomic mass is 32.2. The zero-order valence-corrected chi connectivity index (χ0v) is 20.4. The summed E-state index contributed by atoms with van der Waals surface area (Å²) < 4.78 is 29.6. The Morgan fingerprint density at radius 1 is 0.875 bits per heavy atom. The van der Waals surface area contributed by atoms with Crippen molar-refractivity contribution in [2.75, 3.05) is 20.4 Å². The molecule has 0 fully saturated rings. The summed E-state index contributed by atoms with van der Waals surface area (Å²) in [5.41, 5.74) is 1.72. The Hall–Kier alpha value is -2.61. The molecular weight excluding hydrogens is 440 g/mol. The molecule has 0 aromatic heterocycles. The van der Waals surface area contributed by atoms with Crippen molar-refractivity contribution in [3.63, 3.8) is 0 Å². The number of rotatable bonds is 8. The summed E-state index contributed by atoms with van der Waals surface area (Å²) in [7, 11) is -1.02. The smallest absolute Gasteiger partial charge is 0.277 e. The minimum atomic E-state index is -3.86. The van der Waals surface area contributed by atoms with E-state index >= 15 is 0 Å². The highest BCUT2D eigenvalue weighted by Gasteiger charge is 2.45. The standard InChI is InChI=1S/C25H29N2O3S2/c1-19-15-17-22(18-16-19)32(29,30)26-23(20-11-7-5-8-12-20)24(25(28)27(2)3)31(4)21-13-9-6-10-14-21/h5-18,23-24,26H,1-4H3/q+1/t23-,24-,31?/m1/s1. The second kappa shape index (κ2) is 10.3. The minimum absolute atomic E-state index is 0.125. The molecule has 3 aromatic rings. The van der Waals surface area contributed by atoms with Crippen LogP contribution in [-0.4, -0.2) is 44.8 Å². The van der Waals surface area contributed by atoms with Gasteiger partial charge < -0.3 is 4.90 Å². The number of aryl methyl sites for hydroxylation is 1. The fraction of sp³-hybridized carbons (Fsp3) is 0.240. The molecule has 0 spiro atoms. The first-order valence-electron chi connectivity index (χ1n) is 10.3. The summed E-state index contributed by atoms with van der Waals surface area (Å²) in [6.45, 7) is 1.91. The normalized spacial score (nSPS) is 14.4. The van der Waals surface area contributed by atoms with Crippen LogP contribution in [0.5, 0.6) is 0 Å². The van der Waals surface area contributed by atoms with Gasteiger partial charge in [0, 0.05) is 25.0 Å². The third kappa shape index (κ3) is 5.59. The molecular formula is C25H29N2O3S2+. The second-order valence-electron chi connectivity index (χ2n) is 7.85. The topological polar surface area (TPSA) is 66.5 Å². The van der Waals surface area contributed by atoms with Crippen molar-refractivity contribution < 1.29 is 13.2 Å². The summed E-state index contributed by atoms with van der Waals surface area (Å²) in [5.74, 6) is -0.125. The van der Waals surface area contributed by atoms with Crippen molar-refractivity contribution >= 4 is 26.8 Å². The summed E-state index contributed by atoms with van der Waals surface area (Å²) in [5, 5.41) is -0.616. The maximum absolute atomic E-state index is 13.4. The van der Waals surface area contributed by atoms with Gasteiger partial charge in [0.15, 0.2) is 4.90 Å². The van der Waals surface area contributed by atoms with Crippen LogP contribution in [0.2, 0.25) is 0 Å². The summed E-state index contributed by atoms with van der Waals surface area (Å²) in [6, 6.07) is 25.1. The van der Waals surface area contributed by atoms with Crippen molar-refractivity contribution in [2.45, 2.75) is 28.0 Å². The van der Waals surface area contributed by atoms with Crippen LogP contribution in [0.4, 0.5) is 0 Å². The lowest BCUT2D eigenvalue weighted by atomic mass is 10.0. The molecule has 0 heterocycles. The predicted molar refractivity (Wildman–Crippen MR) is 131 cm³/mol. The third-order valence-electron chi connectivity index (χ3n) is 5.25. The van der Waals surface area contributed by atoms with E-state index in [2.05, 4.69) is 4.72 Å². The van der Waals surface area contributed by atoms with E-state index < -0.39 is 32.2 Å². The van der Waals surface area contributed by atoms with Gasteiger partial charge in [0.25, 0.3) is 5.91 Å². The Morgan fingerprint density at radius 2 is 1.41 bits per heavy atom. The molecule has 0 radical (unpaired) electrons. The van der Waals surface area contributed by atoms with Gasteiger partial charge >= 0.3 is 0 Å². The summed E-state index contributed by atoms with van der Waals surface area (Å²) >= 11 is 0. The first-order chi connectivity index (χ1) is 15.2. The second-order valence-corrected chi connectivity index (χ2v) is 11.7. The van der Waals surface area contributed by atoms with Crippen molar-refractivity contribution in [1.29, 1.82) is 0 Å². The van der Waals surface area contributed by atoms with Crippen LogP contribution < -0.4 is 4.72 Å². The van der Waals surface area contributed by atoms with E-state index in [9.17, 15) is 13.2 Å². The Labute approximate surface area is 193 Å². The van der Waals surface area contributed by atoms with Crippen LogP contribution in [0.25, 0.3) is 0 Å². The van der Waals surface area contributed by atoms with Gasteiger partial charge in [-0.3, -0.25) is 4.79 Å². The third-order valence-corrected chi connectivity index (χ3v) is 8.96. The molecule has 168 valence electrons. The largest absolute Gasteiger partial charge is 0.344 e. The van der Waals surface area contributed by atoms with Gasteiger partial charge in [-0.25, -0.2) is 8.42 Å². The molecule has 0 saturated heterocycles. The van der Waals surface area contributed by atoms with E-state index in [1.54, 1.807) is 38.4 Å². The number of benzene rings is 3. The Bertz CT molecular complexity index is 1130. The van der Waals surface area contributed by atoms with E-state index in [0.717, 1.165) is 16.0 Å². The average Bonchev–Trinajstić information content (AvgIpc) is 2.79. The molecule has 1 N–H and O–H groups in total. The lowest BCUT2D eigenvalue weighted by Crippen LogP contribution is -2.48. The van der Waals surface area contributed by atoms with Gasteiger partial charge in [-0.05, 0) is 36.8 Å². The molecule has 1 unspecified atom stereocenters. The Kier molecular flexibility index (Phi) is 7.77. The number of nitrogens with one attached hydrogen (secondary N) is 1. The van der Waals surface area contributed by atoms with Gasteiger partial charge in [-0.2, -0.15) is 4.72 Å². The number of hydrogen-bond donors (Lipinski definition) is 1. The van der Waals surface area contributed by atoms with E-state index in [4.69, 9.17) is 0 Å². The summed E-state index contributed by atoms with van der Waals surface area (Å²) in [4.78, 5) is 16.2. The van der Waals surface area contributed by atoms with E-state index in [1.165, 1.54) is 4.90 Å². The van der Waals surface area contributed by atoms with Crippen molar-refractivity contribution in [1.82, 2.24) is 9.62 Å². The quantitative estimate of drug-likeness (QED) is 0.511. The van der Waals surface area contributed by atoms with E-state index in [1.807, 2.05) is 73.8 Å². The minimum Gasteiger partial charge on any atom is -0.344 e. The van der Waals surface area contributed by atoms with Crippen molar-refractivity contribution in [2.24, 2.45) is 0 Å². The Balaban J connectivity index is 2.11. The molecule has 3 rings (SSSR count). The molecule has 3 aromatic carbocycles. The Morgan fingerprint density at radius 3 is 1.94 bits per heavy atom. The number of carbonyl (C=O) groups is 1. The van der Waals surface area contributed by atoms with Crippen LogP contribution >= 0.6 is 0 Å². The van der Waals surface area contributed by atoms with E-state index in [0.29, 0.717) is 0 Å². The zero-order chi connectivity index (χ0) is 23.3. The molecule has 0 bridgehead atoms. The highest BCUT2D eigenvalue weighted by molar-refractivity contribution is 7.97. The fourth-order valence-electron chi connectivity index (χ4n) is 3.45. The molecule has 32 heavy (non-hydrogen) atoms. The van der Waals surface area contributed by atoms with Crippen LogP contribution in [0.3, 0.4) is 0 Å². The average molecular weight is 470 g/mol. The highest BCUT2D eigenvalue weighted by Crippen LogP contribution is 2.30. The van der Waals surface area contributed by atoms with Crippen molar-refractivity contribution in [3.05, 3.63) is 96.1 Å². The van der Waals surface area contributed by atoms with Crippen LogP contribution in [0.1, 0.15) is 17.2 Å². The molecule has 3 atom stereocenters. The van der Waals surface area contributed by atoms with Crippen LogP contribution in [-0.2, 0) is 25.7 Å². The maximum Gasteiger partial charge on any atom is 0.277 e. The molecule has 0 aliphatic heterocycles. The van der Waals surface area contributed by atoms with Gasteiger partial charge in [0.2, 0.25) is 15.3 Å². The first kappa shape index (κ1) is 24.0. The zero-order valence-electron chi connectivity index (χ0n) is 18.7. The number of hydrogen-bond acceptors (Lipinski definition) is 3. The van der Waals surface area contributed by atoms with Gasteiger partial charge in [-0.15, -0.1) is 0 Å².